The van der Waals surface area contributed by atoms with Crippen LogP contribution < -0.4 is 0 Å². The monoisotopic (exact) mass is 430 g/mol. The number of benzene rings is 2. The molecule has 0 saturated carbocycles. The lowest BCUT2D eigenvalue weighted by atomic mass is 10.0. The molecule has 2 aromatic carbocycles. The third kappa shape index (κ3) is 4.68. The summed E-state index contributed by atoms with van der Waals surface area (Å²) in [6.45, 7) is 3.58. The van der Waals surface area contributed by atoms with Crippen LogP contribution in [-0.4, -0.2) is 16.9 Å². The first-order valence-corrected chi connectivity index (χ1v) is 9.72. The normalized spacial score (nSPS) is 12.3. The molecule has 0 aliphatic heterocycles. The first-order valence-electron chi connectivity index (χ1n) is 8.90. The molecule has 1 N–H and O–H groups in total. The number of carbonyl (C=O) groups is 2. The van der Waals surface area contributed by atoms with Gasteiger partial charge in [-0.05, 0) is 72.4 Å². The number of allylic oxidation sites excluding steroid dienone is 1. The molecule has 0 aliphatic rings. The van der Waals surface area contributed by atoms with E-state index in [4.69, 9.17) is 5.11 Å². The fourth-order valence-corrected chi connectivity index (χ4v) is 4.16. The number of aryl methyl sites for hydroxylation is 2. The minimum atomic E-state index is -4.40. The molecule has 3 aromatic rings. The highest BCUT2D eigenvalue weighted by atomic mass is 32.1. The number of carboxylic acids is 1. The first-order chi connectivity index (χ1) is 14.1. The molecule has 0 spiro atoms. The summed E-state index contributed by atoms with van der Waals surface area (Å²) in [7, 11) is 0. The Bertz CT molecular complexity index is 1200. The van der Waals surface area contributed by atoms with Crippen molar-refractivity contribution in [3.8, 4) is 0 Å². The molecule has 30 heavy (non-hydrogen) atoms. The molecule has 154 valence electrons. The number of carbonyl (C=O) groups excluding carboxylic acids is 1. The molecule has 0 unspecified atom stereocenters. The number of fused-ring (bicyclic) bond motifs is 1. The highest BCUT2D eigenvalue weighted by molar-refractivity contribution is 7.20. The van der Waals surface area contributed by atoms with Gasteiger partial charge in [0.15, 0.2) is 5.78 Å². The number of thiophene rings is 1. The molecule has 3 rings (SSSR count). The molecule has 1 heterocycles. The number of carboxylic acid groups (broad SMARTS) is 1. The van der Waals surface area contributed by atoms with E-state index in [1.165, 1.54) is 29.6 Å². The lowest BCUT2D eigenvalue weighted by Gasteiger charge is -2.05. The van der Waals surface area contributed by atoms with Crippen LogP contribution in [0.3, 0.4) is 0 Å². The molecule has 3 nitrogen and oxygen atoms in total. The number of rotatable bonds is 5. The van der Waals surface area contributed by atoms with Gasteiger partial charge in [0.2, 0.25) is 0 Å². The highest BCUT2D eigenvalue weighted by Gasteiger charge is 2.30. The number of halogens is 3. The Hall–Kier alpha value is -3.19. The van der Waals surface area contributed by atoms with Crippen molar-refractivity contribution in [3.05, 3.63) is 81.2 Å². The summed E-state index contributed by atoms with van der Waals surface area (Å²) in [5, 5.41) is 9.44. The zero-order valence-electron chi connectivity index (χ0n) is 16.1. The third-order valence-electron chi connectivity index (χ3n) is 4.65. The van der Waals surface area contributed by atoms with Gasteiger partial charge < -0.3 is 5.11 Å². The average molecular weight is 430 g/mol. The molecule has 7 heteroatoms. The molecule has 0 bridgehead atoms. The number of hydrogen-bond donors (Lipinski definition) is 1. The summed E-state index contributed by atoms with van der Waals surface area (Å²) in [6.07, 6.45) is 1.09. The van der Waals surface area contributed by atoms with Crippen LogP contribution in [-0.2, 0) is 11.0 Å². The van der Waals surface area contributed by atoms with E-state index in [1.807, 2.05) is 6.92 Å². The van der Waals surface area contributed by atoms with Crippen molar-refractivity contribution in [2.75, 3.05) is 0 Å². The molecule has 1 aromatic heterocycles. The number of aliphatic carboxylic acids is 1. The second-order valence-corrected chi connectivity index (χ2v) is 7.82. The fourth-order valence-electron chi connectivity index (χ4n) is 3.00. The van der Waals surface area contributed by atoms with Gasteiger partial charge in [-0.15, -0.1) is 11.3 Å². The summed E-state index contributed by atoms with van der Waals surface area (Å²) in [6, 6.07) is 8.58. The second kappa shape index (κ2) is 8.28. The van der Waals surface area contributed by atoms with Crippen molar-refractivity contribution in [2.24, 2.45) is 0 Å². The van der Waals surface area contributed by atoms with Crippen molar-refractivity contribution in [2.45, 2.75) is 20.0 Å². The van der Waals surface area contributed by atoms with E-state index in [-0.39, 0.29) is 5.78 Å². The highest BCUT2D eigenvalue weighted by Crippen LogP contribution is 2.37. The van der Waals surface area contributed by atoms with Crippen LogP contribution >= 0.6 is 11.3 Å². The van der Waals surface area contributed by atoms with Gasteiger partial charge in [-0.1, -0.05) is 18.2 Å². The second-order valence-electron chi connectivity index (χ2n) is 6.74. The Morgan fingerprint density at radius 3 is 2.37 bits per heavy atom. The van der Waals surface area contributed by atoms with E-state index >= 15 is 0 Å². The van der Waals surface area contributed by atoms with Gasteiger partial charge >= 0.3 is 12.1 Å². The van der Waals surface area contributed by atoms with Crippen molar-refractivity contribution in [1.82, 2.24) is 0 Å². The summed E-state index contributed by atoms with van der Waals surface area (Å²) >= 11 is 1.20. The predicted molar refractivity (Wildman–Crippen MR) is 113 cm³/mol. The molecule has 0 radical (unpaired) electrons. The lowest BCUT2D eigenvalue weighted by molar-refractivity contribution is -0.137. The van der Waals surface area contributed by atoms with Crippen LogP contribution in [0.2, 0.25) is 0 Å². The summed E-state index contributed by atoms with van der Waals surface area (Å²) in [5.41, 5.74) is 2.01. The number of alkyl halides is 3. The maximum atomic E-state index is 12.9. The third-order valence-corrected chi connectivity index (χ3v) is 5.87. The predicted octanol–water partition coefficient (Wildman–Crippen LogP) is 6.53. The first kappa shape index (κ1) is 21.5. The smallest absolute Gasteiger partial charge is 0.416 e. The maximum Gasteiger partial charge on any atom is 0.416 e. The quantitative estimate of drug-likeness (QED) is 0.370. The Morgan fingerprint density at radius 1 is 1.00 bits per heavy atom. The van der Waals surface area contributed by atoms with Crippen molar-refractivity contribution in [1.29, 1.82) is 0 Å². The van der Waals surface area contributed by atoms with Crippen LogP contribution in [0.15, 0.2) is 48.6 Å². The van der Waals surface area contributed by atoms with Crippen molar-refractivity contribution < 1.29 is 27.9 Å². The molecule has 0 saturated heterocycles. The van der Waals surface area contributed by atoms with Gasteiger partial charge in [-0.25, -0.2) is 4.79 Å². The van der Waals surface area contributed by atoms with Crippen LogP contribution in [0.5, 0.6) is 0 Å². The minimum absolute atomic E-state index is 0.250. The maximum absolute atomic E-state index is 12.9. The van der Waals surface area contributed by atoms with Crippen LogP contribution in [0.4, 0.5) is 13.2 Å². The Labute approximate surface area is 174 Å². The SMILES string of the molecule is Cc1cc(C(=O)C=Cc2sc3cc(C(F)(F)F)ccc3c2C)ccc1C=CC(=O)O. The van der Waals surface area contributed by atoms with Gasteiger partial charge in [-0.3, -0.25) is 4.79 Å². The lowest BCUT2D eigenvalue weighted by Crippen LogP contribution is -2.03. The summed E-state index contributed by atoms with van der Waals surface area (Å²) < 4.78 is 39.3. The Morgan fingerprint density at radius 2 is 1.73 bits per heavy atom. The van der Waals surface area contributed by atoms with Gasteiger partial charge in [0.05, 0.1) is 5.56 Å². The molecule has 0 aliphatic carbocycles. The van der Waals surface area contributed by atoms with Crippen LogP contribution in [0.1, 0.15) is 37.5 Å². The van der Waals surface area contributed by atoms with E-state index in [2.05, 4.69) is 0 Å². The van der Waals surface area contributed by atoms with Gasteiger partial charge in [0.25, 0.3) is 0 Å². The van der Waals surface area contributed by atoms with Gasteiger partial charge in [-0.2, -0.15) is 13.2 Å². The van der Waals surface area contributed by atoms with Crippen LogP contribution in [0, 0.1) is 13.8 Å². The largest absolute Gasteiger partial charge is 0.478 e. The minimum Gasteiger partial charge on any atom is -0.478 e. The molecule has 0 amide bonds. The van der Waals surface area contributed by atoms with Crippen molar-refractivity contribution >= 4 is 45.3 Å². The van der Waals surface area contributed by atoms with E-state index in [0.29, 0.717) is 15.8 Å². The Kier molecular flexibility index (Phi) is 5.94. The Balaban J connectivity index is 1.85. The zero-order valence-corrected chi connectivity index (χ0v) is 16.9. The topological polar surface area (TPSA) is 54.4 Å². The van der Waals surface area contributed by atoms with Crippen LogP contribution in [0.25, 0.3) is 22.2 Å². The number of hydrogen-bond acceptors (Lipinski definition) is 3. The standard InChI is InChI=1S/C23H17F3O3S/c1-13-11-16(4-3-15(13)5-10-22(28)29)19(27)8-9-20-14(2)18-7-6-17(23(24,25)26)12-21(18)30-20/h3-12H,1-2H3,(H,28,29). The van der Waals surface area contributed by atoms with Crippen molar-refractivity contribution in [3.63, 3.8) is 0 Å². The number of ketones is 1. The molecule has 0 atom stereocenters. The van der Waals surface area contributed by atoms with E-state index in [0.717, 1.165) is 39.6 Å². The summed E-state index contributed by atoms with van der Waals surface area (Å²) in [4.78, 5) is 23.9. The molecular formula is C23H17F3O3S. The van der Waals surface area contributed by atoms with Gasteiger partial charge in [0, 0.05) is 21.2 Å². The summed E-state index contributed by atoms with van der Waals surface area (Å²) in [5.74, 6) is -1.31. The fraction of sp³-hybridized carbons (Fsp3) is 0.130. The van der Waals surface area contributed by atoms with E-state index < -0.39 is 17.7 Å². The van der Waals surface area contributed by atoms with Gasteiger partial charge in [0.1, 0.15) is 0 Å². The van der Waals surface area contributed by atoms with E-state index in [1.54, 1.807) is 31.2 Å². The average Bonchev–Trinajstić information content (AvgIpc) is 2.99. The van der Waals surface area contributed by atoms with E-state index in [9.17, 15) is 22.8 Å². The molecular weight excluding hydrogens is 413 g/mol. The molecule has 0 fully saturated rings. The zero-order chi connectivity index (χ0) is 22.1.